The number of hydrogen-bond acceptors (Lipinski definition) is 6. The Balaban J connectivity index is 1.79. The molecule has 128 valence electrons. The highest BCUT2D eigenvalue weighted by Gasteiger charge is 2.14. The van der Waals surface area contributed by atoms with Gasteiger partial charge in [0.1, 0.15) is 5.75 Å². The van der Waals surface area contributed by atoms with Gasteiger partial charge in [-0.25, -0.2) is 9.37 Å². The van der Waals surface area contributed by atoms with Crippen LogP contribution in [0.4, 0.5) is 9.52 Å². The van der Waals surface area contributed by atoms with E-state index in [1.54, 1.807) is 23.6 Å². The van der Waals surface area contributed by atoms with Crippen molar-refractivity contribution in [1.82, 2.24) is 4.98 Å². The van der Waals surface area contributed by atoms with Crippen LogP contribution in [0.15, 0.2) is 40.8 Å². The van der Waals surface area contributed by atoms with Gasteiger partial charge in [0.2, 0.25) is 5.13 Å². The van der Waals surface area contributed by atoms with E-state index in [0.29, 0.717) is 16.4 Å². The highest BCUT2D eigenvalue weighted by molar-refractivity contribution is 7.14. The second-order valence-electron chi connectivity index (χ2n) is 5.25. The van der Waals surface area contributed by atoms with Gasteiger partial charge in [-0.3, -0.25) is 5.43 Å². The minimum atomic E-state index is -0.807. The highest BCUT2D eigenvalue weighted by atomic mass is 35.5. The summed E-state index contributed by atoms with van der Waals surface area (Å²) in [7, 11) is 0. The van der Waals surface area contributed by atoms with Crippen molar-refractivity contribution >= 4 is 34.3 Å². The number of halogens is 2. The van der Waals surface area contributed by atoms with Gasteiger partial charge in [-0.15, -0.1) is 11.3 Å². The second-order valence-corrected chi connectivity index (χ2v) is 6.55. The Bertz CT molecular complexity index is 959. The van der Waals surface area contributed by atoms with Crippen molar-refractivity contribution in [2.75, 3.05) is 5.43 Å². The normalized spacial score (nSPS) is 11.2. The van der Waals surface area contributed by atoms with Crippen molar-refractivity contribution in [2.45, 2.75) is 6.92 Å². The molecule has 1 aromatic heterocycles. The van der Waals surface area contributed by atoms with Crippen LogP contribution in [0.3, 0.4) is 0 Å². The van der Waals surface area contributed by atoms with Gasteiger partial charge >= 0.3 is 0 Å². The summed E-state index contributed by atoms with van der Waals surface area (Å²) in [6.07, 6.45) is 1.47. The Kier molecular flexibility index (Phi) is 4.87. The topological polar surface area (TPSA) is 77.7 Å². The summed E-state index contributed by atoms with van der Waals surface area (Å²) in [5.74, 6) is -1.19. The van der Waals surface area contributed by atoms with Crippen LogP contribution in [0.25, 0.3) is 11.3 Å². The smallest absolute Gasteiger partial charge is 0.203 e. The zero-order valence-corrected chi connectivity index (χ0v) is 14.6. The van der Waals surface area contributed by atoms with E-state index < -0.39 is 11.6 Å². The monoisotopic (exact) mass is 377 g/mol. The minimum absolute atomic E-state index is 0.121. The van der Waals surface area contributed by atoms with E-state index in [1.807, 2.05) is 6.92 Å². The van der Waals surface area contributed by atoms with Crippen LogP contribution < -0.4 is 5.43 Å². The number of nitrogens with zero attached hydrogens (tertiary/aromatic N) is 2. The molecule has 5 nitrogen and oxygen atoms in total. The SMILES string of the molecule is Cc1ccc(O)c(/C=N/Nc2nc(-c3cc(Cl)cc(F)c3O)cs2)c1. The maximum absolute atomic E-state index is 13.6. The molecule has 0 aliphatic rings. The van der Waals surface area contributed by atoms with E-state index in [1.165, 1.54) is 23.6 Å². The number of anilines is 1. The van der Waals surface area contributed by atoms with E-state index in [-0.39, 0.29) is 16.3 Å². The van der Waals surface area contributed by atoms with Crippen molar-refractivity contribution in [3.63, 3.8) is 0 Å². The lowest BCUT2D eigenvalue weighted by Gasteiger charge is -2.03. The van der Waals surface area contributed by atoms with Crippen molar-refractivity contribution < 1.29 is 14.6 Å². The first-order valence-electron chi connectivity index (χ1n) is 7.16. The van der Waals surface area contributed by atoms with Crippen molar-refractivity contribution in [1.29, 1.82) is 0 Å². The largest absolute Gasteiger partial charge is 0.507 e. The molecule has 0 amide bonds. The number of nitrogens with one attached hydrogen (secondary N) is 1. The minimum Gasteiger partial charge on any atom is -0.507 e. The van der Waals surface area contributed by atoms with Crippen LogP contribution in [0.5, 0.6) is 11.5 Å². The fourth-order valence-electron chi connectivity index (χ4n) is 2.14. The van der Waals surface area contributed by atoms with Crippen molar-refractivity contribution in [2.24, 2.45) is 5.10 Å². The first-order chi connectivity index (χ1) is 11.9. The van der Waals surface area contributed by atoms with Gasteiger partial charge in [0.05, 0.1) is 11.9 Å². The third-order valence-electron chi connectivity index (χ3n) is 3.36. The lowest BCUT2D eigenvalue weighted by molar-refractivity contribution is 0.434. The number of aryl methyl sites for hydroxylation is 1. The zero-order chi connectivity index (χ0) is 18.0. The van der Waals surface area contributed by atoms with Crippen molar-refractivity contribution in [3.05, 3.63) is 57.7 Å². The fraction of sp³-hybridized carbons (Fsp3) is 0.0588. The summed E-state index contributed by atoms with van der Waals surface area (Å²) >= 11 is 7.05. The molecule has 0 aliphatic carbocycles. The third-order valence-corrected chi connectivity index (χ3v) is 4.32. The zero-order valence-electron chi connectivity index (χ0n) is 13.0. The summed E-state index contributed by atoms with van der Waals surface area (Å²) in [6.45, 7) is 1.91. The molecule has 3 aromatic rings. The quantitative estimate of drug-likeness (QED) is 0.452. The molecule has 3 rings (SSSR count). The molecule has 0 unspecified atom stereocenters. The number of aromatic hydroxyl groups is 2. The van der Waals surface area contributed by atoms with Gasteiger partial charge in [0.15, 0.2) is 11.6 Å². The Morgan fingerprint density at radius 1 is 1.28 bits per heavy atom. The Labute approximate surface area is 152 Å². The number of phenolic OH excluding ortho intramolecular Hbond substituents is 2. The van der Waals surface area contributed by atoms with E-state index in [0.717, 1.165) is 11.6 Å². The lowest BCUT2D eigenvalue weighted by Crippen LogP contribution is -1.91. The van der Waals surface area contributed by atoms with Gasteiger partial charge < -0.3 is 10.2 Å². The number of phenols is 2. The average molecular weight is 378 g/mol. The number of benzene rings is 2. The first-order valence-corrected chi connectivity index (χ1v) is 8.42. The molecule has 1 heterocycles. The molecule has 0 atom stereocenters. The molecule has 3 N–H and O–H groups in total. The molecule has 0 saturated heterocycles. The van der Waals surface area contributed by atoms with Gasteiger partial charge in [0, 0.05) is 21.5 Å². The maximum Gasteiger partial charge on any atom is 0.203 e. The number of thiazole rings is 1. The number of rotatable bonds is 4. The summed E-state index contributed by atoms with van der Waals surface area (Å²) in [5.41, 5.74) is 4.88. The molecular formula is C17H13ClFN3O2S. The van der Waals surface area contributed by atoms with Crippen molar-refractivity contribution in [3.8, 4) is 22.8 Å². The van der Waals surface area contributed by atoms with Crippen LogP contribution in [0, 0.1) is 12.7 Å². The molecule has 0 aliphatic heterocycles. The summed E-state index contributed by atoms with van der Waals surface area (Å²) in [4.78, 5) is 4.24. The first kappa shape index (κ1) is 17.2. The molecule has 8 heteroatoms. The second kappa shape index (κ2) is 7.08. The number of hydrogen-bond donors (Lipinski definition) is 3. The number of hydrazone groups is 1. The Morgan fingerprint density at radius 2 is 2.08 bits per heavy atom. The standard InChI is InChI=1S/C17H13ClFN3O2S/c1-9-2-3-15(23)10(4-9)7-20-22-17-21-14(8-25-17)12-5-11(18)6-13(19)16(12)24/h2-8,23-24H,1H3,(H,21,22)/b20-7+. The van der Waals surface area contributed by atoms with Gasteiger partial charge in [-0.1, -0.05) is 23.2 Å². The Hall–Kier alpha value is -2.64. The van der Waals surface area contributed by atoms with Gasteiger partial charge in [-0.05, 0) is 31.2 Å². The predicted molar refractivity (Wildman–Crippen MR) is 98.2 cm³/mol. The molecule has 0 radical (unpaired) electrons. The molecule has 0 spiro atoms. The molecular weight excluding hydrogens is 365 g/mol. The molecule has 0 fully saturated rings. The molecule has 0 saturated carbocycles. The molecule has 25 heavy (non-hydrogen) atoms. The predicted octanol–water partition coefficient (Wildman–Crippen LogP) is 4.77. The van der Waals surface area contributed by atoms with E-state index in [2.05, 4.69) is 15.5 Å². The number of aromatic nitrogens is 1. The van der Waals surface area contributed by atoms with Crippen LogP contribution >= 0.6 is 22.9 Å². The van der Waals surface area contributed by atoms with Crippen LogP contribution in [-0.4, -0.2) is 21.4 Å². The highest BCUT2D eigenvalue weighted by Crippen LogP contribution is 2.35. The Morgan fingerprint density at radius 3 is 2.88 bits per heavy atom. The van der Waals surface area contributed by atoms with Crippen LogP contribution in [-0.2, 0) is 0 Å². The molecule has 0 bridgehead atoms. The maximum atomic E-state index is 13.6. The molecule has 2 aromatic carbocycles. The van der Waals surface area contributed by atoms with E-state index in [4.69, 9.17) is 11.6 Å². The van der Waals surface area contributed by atoms with E-state index >= 15 is 0 Å². The fourth-order valence-corrected chi connectivity index (χ4v) is 3.01. The van der Waals surface area contributed by atoms with Crippen LogP contribution in [0.1, 0.15) is 11.1 Å². The average Bonchev–Trinajstić information content (AvgIpc) is 3.03. The summed E-state index contributed by atoms with van der Waals surface area (Å²) in [5, 5.41) is 25.9. The summed E-state index contributed by atoms with van der Waals surface area (Å²) < 4.78 is 13.6. The van der Waals surface area contributed by atoms with E-state index in [9.17, 15) is 14.6 Å². The third kappa shape index (κ3) is 3.89. The van der Waals surface area contributed by atoms with Crippen LogP contribution in [0.2, 0.25) is 5.02 Å². The lowest BCUT2D eigenvalue weighted by atomic mass is 10.1. The summed E-state index contributed by atoms with van der Waals surface area (Å²) in [6, 6.07) is 7.65. The van der Waals surface area contributed by atoms with Gasteiger partial charge in [0.25, 0.3) is 0 Å². The van der Waals surface area contributed by atoms with Gasteiger partial charge in [-0.2, -0.15) is 5.10 Å².